The first-order chi connectivity index (χ1) is 10.1. The molecule has 126 valence electrons. The topological polar surface area (TPSA) is 45.7 Å². The highest BCUT2D eigenvalue weighted by Gasteiger charge is 2.06. The van der Waals surface area contributed by atoms with E-state index in [0.29, 0.717) is 19.1 Å². The van der Waals surface area contributed by atoms with Crippen molar-refractivity contribution in [2.24, 2.45) is 10.9 Å². The van der Waals surface area contributed by atoms with Gasteiger partial charge in [0.1, 0.15) is 0 Å². The molecule has 0 saturated carbocycles. The van der Waals surface area contributed by atoms with Crippen LogP contribution in [-0.2, 0) is 4.74 Å². The Morgan fingerprint density at radius 1 is 1.18 bits per heavy atom. The van der Waals surface area contributed by atoms with Gasteiger partial charge in [0.15, 0.2) is 5.96 Å². The lowest BCUT2D eigenvalue weighted by Gasteiger charge is -2.18. The standard InChI is InChI=1S/C17H29N3O.HI/c1-5-18-17(19-11-12-21-13-14(2)3)20-15(4)16-9-7-6-8-10-16;/h6-10,14-15H,5,11-13H2,1-4H3,(H2,18,19,20);1H. The Bertz CT molecular complexity index is 410. The highest BCUT2D eigenvalue weighted by molar-refractivity contribution is 14.0. The molecule has 0 fully saturated rings. The Morgan fingerprint density at radius 2 is 1.86 bits per heavy atom. The van der Waals surface area contributed by atoms with E-state index in [1.54, 1.807) is 0 Å². The number of halogens is 1. The van der Waals surface area contributed by atoms with Crippen molar-refractivity contribution in [3.63, 3.8) is 0 Å². The first-order valence-corrected chi connectivity index (χ1v) is 7.81. The molecule has 2 N–H and O–H groups in total. The number of nitrogens with zero attached hydrogens (tertiary/aromatic N) is 1. The van der Waals surface area contributed by atoms with E-state index in [0.717, 1.165) is 19.1 Å². The fourth-order valence-corrected chi connectivity index (χ4v) is 1.89. The number of rotatable bonds is 8. The second-order valence-corrected chi connectivity index (χ2v) is 5.51. The average molecular weight is 419 g/mol. The summed E-state index contributed by atoms with van der Waals surface area (Å²) in [5.74, 6) is 1.40. The van der Waals surface area contributed by atoms with Crippen LogP contribution in [0.5, 0.6) is 0 Å². The maximum absolute atomic E-state index is 5.55. The van der Waals surface area contributed by atoms with Gasteiger partial charge in [-0.1, -0.05) is 44.2 Å². The molecule has 1 rings (SSSR count). The zero-order valence-electron chi connectivity index (χ0n) is 14.1. The third-order valence-corrected chi connectivity index (χ3v) is 2.95. The molecule has 0 aromatic heterocycles. The summed E-state index contributed by atoms with van der Waals surface area (Å²) in [5.41, 5.74) is 1.25. The van der Waals surface area contributed by atoms with E-state index in [4.69, 9.17) is 4.74 Å². The molecule has 0 heterocycles. The van der Waals surface area contributed by atoms with Crippen LogP contribution in [-0.4, -0.2) is 32.3 Å². The summed E-state index contributed by atoms with van der Waals surface area (Å²) < 4.78 is 5.55. The van der Waals surface area contributed by atoms with Crippen LogP contribution in [0.25, 0.3) is 0 Å². The lowest BCUT2D eigenvalue weighted by atomic mass is 10.1. The van der Waals surface area contributed by atoms with E-state index in [1.807, 2.05) is 6.07 Å². The van der Waals surface area contributed by atoms with Crippen LogP contribution < -0.4 is 10.6 Å². The quantitative estimate of drug-likeness (QED) is 0.293. The minimum atomic E-state index is 0. The predicted octanol–water partition coefficient (Wildman–Crippen LogP) is 3.59. The van der Waals surface area contributed by atoms with Gasteiger partial charge in [-0.3, -0.25) is 4.99 Å². The number of benzene rings is 1. The van der Waals surface area contributed by atoms with Gasteiger partial charge in [0.2, 0.25) is 0 Å². The van der Waals surface area contributed by atoms with Crippen LogP contribution in [0, 0.1) is 5.92 Å². The highest BCUT2D eigenvalue weighted by Crippen LogP contribution is 2.10. The van der Waals surface area contributed by atoms with E-state index in [9.17, 15) is 0 Å². The van der Waals surface area contributed by atoms with Crippen molar-refractivity contribution in [2.45, 2.75) is 33.7 Å². The van der Waals surface area contributed by atoms with E-state index >= 15 is 0 Å². The predicted molar refractivity (Wildman–Crippen MR) is 105 cm³/mol. The van der Waals surface area contributed by atoms with Gasteiger partial charge in [-0.25, -0.2) is 0 Å². The summed E-state index contributed by atoms with van der Waals surface area (Å²) in [6.07, 6.45) is 0. The maximum atomic E-state index is 5.55. The highest BCUT2D eigenvalue weighted by atomic mass is 127. The fourth-order valence-electron chi connectivity index (χ4n) is 1.89. The first kappa shape index (κ1) is 21.2. The number of aliphatic imine (C=N–C) groups is 1. The molecule has 0 aliphatic rings. The van der Waals surface area contributed by atoms with Gasteiger partial charge in [-0.2, -0.15) is 0 Å². The van der Waals surface area contributed by atoms with Crippen LogP contribution >= 0.6 is 24.0 Å². The van der Waals surface area contributed by atoms with E-state index < -0.39 is 0 Å². The van der Waals surface area contributed by atoms with Gasteiger partial charge in [-0.15, -0.1) is 24.0 Å². The molecule has 0 aliphatic carbocycles. The number of hydrogen-bond donors (Lipinski definition) is 2. The summed E-state index contributed by atoms with van der Waals surface area (Å²) in [6, 6.07) is 10.6. The number of ether oxygens (including phenoxy) is 1. The SMILES string of the molecule is CCNC(=NCCOCC(C)C)NC(C)c1ccccc1.I. The van der Waals surface area contributed by atoms with E-state index in [1.165, 1.54) is 5.56 Å². The monoisotopic (exact) mass is 419 g/mol. The molecule has 4 nitrogen and oxygen atoms in total. The van der Waals surface area contributed by atoms with Gasteiger partial charge < -0.3 is 15.4 Å². The minimum Gasteiger partial charge on any atom is -0.379 e. The van der Waals surface area contributed by atoms with Crippen molar-refractivity contribution >= 4 is 29.9 Å². The first-order valence-electron chi connectivity index (χ1n) is 7.81. The Morgan fingerprint density at radius 3 is 2.45 bits per heavy atom. The van der Waals surface area contributed by atoms with Crippen molar-refractivity contribution in [2.75, 3.05) is 26.3 Å². The van der Waals surface area contributed by atoms with Crippen LogP contribution in [0.2, 0.25) is 0 Å². The molecule has 0 bridgehead atoms. The van der Waals surface area contributed by atoms with Crippen LogP contribution in [0.1, 0.15) is 39.3 Å². The Balaban J connectivity index is 0.00000441. The van der Waals surface area contributed by atoms with E-state index in [2.05, 4.69) is 67.6 Å². The smallest absolute Gasteiger partial charge is 0.191 e. The van der Waals surface area contributed by atoms with Crippen molar-refractivity contribution in [3.8, 4) is 0 Å². The number of nitrogens with one attached hydrogen (secondary N) is 2. The number of guanidine groups is 1. The third-order valence-electron chi connectivity index (χ3n) is 2.95. The lowest BCUT2D eigenvalue weighted by molar-refractivity contribution is 0.117. The molecule has 5 heteroatoms. The van der Waals surface area contributed by atoms with Crippen molar-refractivity contribution in [3.05, 3.63) is 35.9 Å². The summed E-state index contributed by atoms with van der Waals surface area (Å²) in [7, 11) is 0. The van der Waals surface area contributed by atoms with Crippen molar-refractivity contribution < 1.29 is 4.74 Å². The molecule has 0 aliphatic heterocycles. The van der Waals surface area contributed by atoms with Crippen molar-refractivity contribution in [1.29, 1.82) is 0 Å². The zero-order valence-corrected chi connectivity index (χ0v) is 16.5. The van der Waals surface area contributed by atoms with Crippen LogP contribution in [0.3, 0.4) is 0 Å². The van der Waals surface area contributed by atoms with Gasteiger partial charge in [0, 0.05) is 13.2 Å². The fraction of sp³-hybridized carbons (Fsp3) is 0.588. The third kappa shape index (κ3) is 9.25. The van der Waals surface area contributed by atoms with Crippen LogP contribution in [0.4, 0.5) is 0 Å². The summed E-state index contributed by atoms with van der Waals surface area (Å²) in [5, 5.41) is 6.68. The lowest BCUT2D eigenvalue weighted by Crippen LogP contribution is -2.39. The summed E-state index contributed by atoms with van der Waals surface area (Å²) in [4.78, 5) is 4.55. The van der Waals surface area contributed by atoms with Gasteiger partial charge in [0.25, 0.3) is 0 Å². The molecular weight excluding hydrogens is 389 g/mol. The van der Waals surface area contributed by atoms with Crippen molar-refractivity contribution in [1.82, 2.24) is 10.6 Å². The van der Waals surface area contributed by atoms with Gasteiger partial charge in [-0.05, 0) is 25.3 Å². The molecule has 1 atom stereocenters. The number of hydrogen-bond acceptors (Lipinski definition) is 2. The minimum absolute atomic E-state index is 0. The van der Waals surface area contributed by atoms with E-state index in [-0.39, 0.29) is 30.0 Å². The van der Waals surface area contributed by atoms with Gasteiger partial charge in [0.05, 0.1) is 19.2 Å². The molecule has 1 aromatic rings. The molecule has 0 amide bonds. The Hall–Kier alpha value is -0.820. The largest absolute Gasteiger partial charge is 0.379 e. The Kier molecular flexibility index (Phi) is 12.2. The summed E-state index contributed by atoms with van der Waals surface area (Å²) >= 11 is 0. The molecule has 0 radical (unpaired) electrons. The maximum Gasteiger partial charge on any atom is 0.191 e. The molecule has 0 saturated heterocycles. The van der Waals surface area contributed by atoms with Gasteiger partial charge >= 0.3 is 0 Å². The summed E-state index contributed by atoms with van der Waals surface area (Å²) in [6.45, 7) is 11.5. The zero-order chi connectivity index (χ0) is 15.5. The molecule has 22 heavy (non-hydrogen) atoms. The second-order valence-electron chi connectivity index (χ2n) is 5.51. The average Bonchev–Trinajstić information content (AvgIpc) is 2.47. The molecule has 0 spiro atoms. The molecule has 1 aromatic carbocycles. The Labute approximate surface area is 152 Å². The molecule has 1 unspecified atom stereocenters. The molecular formula is C17H30IN3O. The normalized spacial score (nSPS) is 12.7. The van der Waals surface area contributed by atoms with Crippen LogP contribution in [0.15, 0.2) is 35.3 Å². The second kappa shape index (κ2) is 12.7.